The lowest BCUT2D eigenvalue weighted by Gasteiger charge is -2.37. The Morgan fingerprint density at radius 1 is 0.846 bits per heavy atom. The van der Waals surface area contributed by atoms with Crippen LogP contribution in [0.15, 0.2) is 91.0 Å². The van der Waals surface area contributed by atoms with Gasteiger partial charge in [0.25, 0.3) is 0 Å². The molecule has 3 nitrogen and oxygen atoms in total. The third-order valence-electron chi connectivity index (χ3n) is 4.80. The Morgan fingerprint density at radius 3 is 1.69 bits per heavy atom. The van der Waals surface area contributed by atoms with Gasteiger partial charge in [0.1, 0.15) is 5.60 Å². The van der Waals surface area contributed by atoms with Crippen LogP contribution in [0.25, 0.3) is 0 Å². The summed E-state index contributed by atoms with van der Waals surface area (Å²) < 4.78 is 0. The van der Waals surface area contributed by atoms with E-state index in [1.807, 2.05) is 91.0 Å². The van der Waals surface area contributed by atoms with E-state index < -0.39 is 11.5 Å². The molecule has 3 rings (SSSR count). The quantitative estimate of drug-likeness (QED) is 0.713. The van der Waals surface area contributed by atoms with Crippen molar-refractivity contribution in [1.29, 1.82) is 0 Å². The van der Waals surface area contributed by atoms with Gasteiger partial charge in [-0.15, -0.1) is 0 Å². The number of benzene rings is 3. The van der Waals surface area contributed by atoms with Crippen LogP contribution in [0.1, 0.15) is 29.0 Å². The Kier molecular flexibility index (Phi) is 5.49. The van der Waals surface area contributed by atoms with Gasteiger partial charge in [0.05, 0.1) is 0 Å². The molecule has 0 fully saturated rings. The van der Waals surface area contributed by atoms with Crippen molar-refractivity contribution in [3.8, 4) is 0 Å². The van der Waals surface area contributed by atoms with Crippen LogP contribution in [0.4, 0.5) is 0 Å². The van der Waals surface area contributed by atoms with E-state index in [1.54, 1.807) is 7.05 Å². The summed E-state index contributed by atoms with van der Waals surface area (Å²) in [5.74, 6) is -0.530. The molecule has 1 unspecified atom stereocenters. The molecule has 3 aromatic rings. The van der Waals surface area contributed by atoms with Gasteiger partial charge in [-0.3, -0.25) is 4.79 Å². The molecule has 3 heteroatoms. The van der Waals surface area contributed by atoms with Crippen molar-refractivity contribution in [2.45, 2.75) is 17.9 Å². The summed E-state index contributed by atoms with van der Waals surface area (Å²) in [6, 6.07) is 28.8. The number of nitrogens with one attached hydrogen (secondary N) is 1. The molecule has 26 heavy (non-hydrogen) atoms. The number of amides is 1. The van der Waals surface area contributed by atoms with Crippen molar-refractivity contribution >= 4 is 5.91 Å². The minimum Gasteiger partial charge on any atom is -0.380 e. The second kappa shape index (κ2) is 7.98. The molecule has 1 amide bonds. The van der Waals surface area contributed by atoms with Crippen LogP contribution in [0, 0.1) is 0 Å². The first-order valence-electron chi connectivity index (χ1n) is 8.75. The minimum absolute atomic E-state index is 0.107. The predicted octanol–water partition coefficient (Wildman–Crippen LogP) is 3.84. The summed E-state index contributed by atoms with van der Waals surface area (Å²) in [4.78, 5) is 12.3. The summed E-state index contributed by atoms with van der Waals surface area (Å²) in [6.07, 6.45) is 0.181. The maximum atomic E-state index is 12.3. The highest BCUT2D eigenvalue weighted by Crippen LogP contribution is 2.44. The van der Waals surface area contributed by atoms with E-state index in [9.17, 15) is 9.90 Å². The molecule has 0 radical (unpaired) electrons. The van der Waals surface area contributed by atoms with Crippen molar-refractivity contribution in [2.24, 2.45) is 0 Å². The van der Waals surface area contributed by atoms with Crippen molar-refractivity contribution < 1.29 is 9.90 Å². The van der Waals surface area contributed by atoms with Crippen LogP contribution in [0.3, 0.4) is 0 Å². The standard InChI is InChI=1S/C23H23NO2/c1-24-22(25)17-21(18-11-5-2-6-12-18)23(26,19-13-7-3-8-14-19)20-15-9-4-10-16-20/h2-16,21,26H,17H2,1H3,(H,24,25). The Hall–Kier alpha value is -2.91. The number of aliphatic hydroxyl groups is 1. The lowest BCUT2D eigenvalue weighted by molar-refractivity contribution is -0.122. The smallest absolute Gasteiger partial charge is 0.220 e. The van der Waals surface area contributed by atoms with Gasteiger partial charge in [0, 0.05) is 19.4 Å². The van der Waals surface area contributed by atoms with E-state index >= 15 is 0 Å². The van der Waals surface area contributed by atoms with Crippen LogP contribution in [-0.2, 0) is 10.4 Å². The van der Waals surface area contributed by atoms with E-state index in [4.69, 9.17) is 0 Å². The van der Waals surface area contributed by atoms with Crippen molar-refractivity contribution in [3.05, 3.63) is 108 Å². The molecular formula is C23H23NO2. The van der Waals surface area contributed by atoms with Crippen LogP contribution >= 0.6 is 0 Å². The van der Waals surface area contributed by atoms with Gasteiger partial charge in [-0.1, -0.05) is 91.0 Å². The van der Waals surface area contributed by atoms with Gasteiger partial charge in [-0.25, -0.2) is 0 Å². The van der Waals surface area contributed by atoms with Crippen LogP contribution in [0.5, 0.6) is 0 Å². The zero-order valence-electron chi connectivity index (χ0n) is 14.8. The Morgan fingerprint density at radius 2 is 1.27 bits per heavy atom. The first-order valence-corrected chi connectivity index (χ1v) is 8.75. The van der Waals surface area contributed by atoms with E-state index in [0.29, 0.717) is 0 Å². The number of carbonyl (C=O) groups is 1. The van der Waals surface area contributed by atoms with Gasteiger partial charge in [-0.05, 0) is 16.7 Å². The highest BCUT2D eigenvalue weighted by molar-refractivity contribution is 5.77. The molecule has 0 saturated carbocycles. The molecule has 0 heterocycles. The van der Waals surface area contributed by atoms with E-state index in [2.05, 4.69) is 5.32 Å². The van der Waals surface area contributed by atoms with Crippen molar-refractivity contribution in [2.75, 3.05) is 7.05 Å². The summed E-state index contributed by atoms with van der Waals surface area (Å²) >= 11 is 0. The normalized spacial score (nSPS) is 12.4. The zero-order valence-corrected chi connectivity index (χ0v) is 14.8. The highest BCUT2D eigenvalue weighted by Gasteiger charge is 2.41. The lowest BCUT2D eigenvalue weighted by Crippen LogP contribution is -2.37. The molecule has 0 aliphatic heterocycles. The fraction of sp³-hybridized carbons (Fsp3) is 0.174. The second-order valence-corrected chi connectivity index (χ2v) is 6.34. The summed E-state index contributed by atoms with van der Waals surface area (Å²) in [5.41, 5.74) is 1.13. The molecule has 0 bridgehead atoms. The van der Waals surface area contributed by atoms with E-state index in [1.165, 1.54) is 0 Å². The van der Waals surface area contributed by atoms with Crippen LogP contribution < -0.4 is 5.32 Å². The lowest BCUT2D eigenvalue weighted by atomic mass is 9.71. The average molecular weight is 345 g/mol. The molecule has 0 saturated heterocycles. The van der Waals surface area contributed by atoms with Gasteiger partial charge in [0.15, 0.2) is 0 Å². The summed E-state index contributed by atoms with van der Waals surface area (Å²) in [5, 5.41) is 14.7. The first-order chi connectivity index (χ1) is 12.7. The van der Waals surface area contributed by atoms with Crippen LogP contribution in [0.2, 0.25) is 0 Å². The van der Waals surface area contributed by atoms with E-state index in [-0.39, 0.29) is 12.3 Å². The van der Waals surface area contributed by atoms with Gasteiger partial charge in [-0.2, -0.15) is 0 Å². The number of hydrogen-bond acceptors (Lipinski definition) is 2. The van der Waals surface area contributed by atoms with Gasteiger partial charge in [0.2, 0.25) is 5.91 Å². The molecule has 132 valence electrons. The maximum absolute atomic E-state index is 12.3. The SMILES string of the molecule is CNC(=O)CC(c1ccccc1)C(O)(c1ccccc1)c1ccccc1. The third kappa shape index (κ3) is 3.53. The molecule has 0 aliphatic carbocycles. The van der Waals surface area contributed by atoms with Crippen LogP contribution in [-0.4, -0.2) is 18.1 Å². The molecule has 3 aromatic carbocycles. The molecule has 0 aliphatic rings. The molecular weight excluding hydrogens is 322 g/mol. The number of hydrogen-bond donors (Lipinski definition) is 2. The second-order valence-electron chi connectivity index (χ2n) is 6.34. The van der Waals surface area contributed by atoms with Crippen molar-refractivity contribution in [1.82, 2.24) is 5.32 Å². The largest absolute Gasteiger partial charge is 0.380 e. The molecule has 0 aromatic heterocycles. The van der Waals surface area contributed by atoms with E-state index in [0.717, 1.165) is 16.7 Å². The average Bonchev–Trinajstić information content (AvgIpc) is 2.73. The molecule has 2 N–H and O–H groups in total. The van der Waals surface area contributed by atoms with Gasteiger partial charge >= 0.3 is 0 Å². The minimum atomic E-state index is -1.32. The number of carbonyl (C=O) groups excluding carboxylic acids is 1. The topological polar surface area (TPSA) is 49.3 Å². The predicted molar refractivity (Wildman–Crippen MR) is 104 cm³/mol. The first kappa shape index (κ1) is 17.9. The monoisotopic (exact) mass is 345 g/mol. The molecule has 1 atom stereocenters. The Balaban J connectivity index is 2.21. The fourth-order valence-electron chi connectivity index (χ4n) is 3.43. The Bertz CT molecular complexity index is 792. The van der Waals surface area contributed by atoms with Crippen molar-refractivity contribution in [3.63, 3.8) is 0 Å². The Labute approximate surface area is 154 Å². The highest BCUT2D eigenvalue weighted by atomic mass is 16.3. The molecule has 0 spiro atoms. The third-order valence-corrected chi connectivity index (χ3v) is 4.80. The zero-order chi connectivity index (χ0) is 18.4. The summed E-state index contributed by atoms with van der Waals surface area (Å²) in [7, 11) is 1.62. The number of rotatable bonds is 6. The maximum Gasteiger partial charge on any atom is 0.220 e. The van der Waals surface area contributed by atoms with Gasteiger partial charge < -0.3 is 10.4 Å². The fourth-order valence-corrected chi connectivity index (χ4v) is 3.43. The summed E-state index contributed by atoms with van der Waals surface area (Å²) in [6.45, 7) is 0.